The van der Waals surface area contributed by atoms with Crippen LogP contribution in [-0.2, 0) is 6.54 Å². The molecule has 0 unspecified atom stereocenters. The molecule has 1 amide bonds. The van der Waals surface area contributed by atoms with Crippen molar-refractivity contribution in [3.63, 3.8) is 0 Å². The predicted molar refractivity (Wildman–Crippen MR) is 139 cm³/mol. The van der Waals surface area contributed by atoms with Crippen molar-refractivity contribution in [2.75, 3.05) is 38.8 Å². The normalized spacial score (nSPS) is 14.0. The number of para-hydroxylation sites is 1. The summed E-state index contributed by atoms with van der Waals surface area (Å²) in [6, 6.07) is 19.3. The van der Waals surface area contributed by atoms with Gasteiger partial charge in [-0.3, -0.25) is 14.7 Å². The summed E-state index contributed by atoms with van der Waals surface area (Å²) in [5, 5.41) is 1.01. The number of nitrogens with zero attached hydrogens (tertiary/aromatic N) is 4. The van der Waals surface area contributed by atoms with E-state index in [9.17, 15) is 4.79 Å². The van der Waals surface area contributed by atoms with E-state index in [1.807, 2.05) is 72.5 Å². The number of amides is 1. The number of fused-ring (bicyclic) bond motifs is 1. The Morgan fingerprint density at radius 2 is 1.75 bits per heavy atom. The molecule has 8 heteroatoms. The first-order chi connectivity index (χ1) is 17.6. The van der Waals surface area contributed by atoms with E-state index >= 15 is 0 Å². The van der Waals surface area contributed by atoms with E-state index in [0.29, 0.717) is 30.3 Å². The summed E-state index contributed by atoms with van der Waals surface area (Å²) in [5.74, 6) is 1.35. The molecule has 36 heavy (non-hydrogen) atoms. The fourth-order valence-electron chi connectivity index (χ4n) is 4.44. The molecule has 1 saturated heterocycles. The van der Waals surface area contributed by atoms with Gasteiger partial charge in [0.15, 0.2) is 5.75 Å². The van der Waals surface area contributed by atoms with Gasteiger partial charge in [-0.1, -0.05) is 24.3 Å². The minimum atomic E-state index is 0.0439. The highest BCUT2D eigenvalue weighted by molar-refractivity contribution is 5.95. The number of carbonyl (C=O) groups excluding carboxylic acids is 1. The van der Waals surface area contributed by atoms with Gasteiger partial charge >= 0.3 is 0 Å². The van der Waals surface area contributed by atoms with Gasteiger partial charge in [-0.15, -0.1) is 0 Å². The fourth-order valence-corrected chi connectivity index (χ4v) is 4.44. The maximum atomic E-state index is 13.2. The smallest absolute Gasteiger partial charge is 0.253 e. The average molecular weight is 484 g/mol. The first-order valence-corrected chi connectivity index (χ1v) is 12.0. The van der Waals surface area contributed by atoms with Crippen LogP contribution in [0.4, 0.5) is 5.69 Å². The Labute approximate surface area is 210 Å². The van der Waals surface area contributed by atoms with Gasteiger partial charge in [0, 0.05) is 61.6 Å². The molecule has 8 nitrogen and oxygen atoms in total. The number of hydrogen-bond acceptors (Lipinski definition) is 7. The van der Waals surface area contributed by atoms with Gasteiger partial charge in [-0.25, -0.2) is 10.5 Å². The highest BCUT2D eigenvalue weighted by Gasteiger charge is 2.23. The van der Waals surface area contributed by atoms with Crippen LogP contribution < -0.4 is 15.1 Å². The van der Waals surface area contributed by atoms with Crippen LogP contribution in [0.15, 0.2) is 73.1 Å². The van der Waals surface area contributed by atoms with Crippen LogP contribution in [0.2, 0.25) is 0 Å². The topological polar surface area (TPSA) is 79.8 Å². The Morgan fingerprint density at radius 1 is 0.972 bits per heavy atom. The van der Waals surface area contributed by atoms with Crippen molar-refractivity contribution < 1.29 is 14.4 Å². The number of benzene rings is 2. The third-order valence-corrected chi connectivity index (χ3v) is 6.44. The zero-order chi connectivity index (χ0) is 24.9. The Morgan fingerprint density at radius 3 is 2.56 bits per heavy atom. The Bertz CT molecular complexity index is 1360. The number of nitrogens with one attached hydrogen (secondary N) is 1. The number of methoxy groups -OCH3 is 1. The maximum Gasteiger partial charge on any atom is 0.253 e. The standard InChI is InChI=1S/C28H29N5O3/c1-20-18-22(10-11-24(20)31-36-25-9-3-6-21-7-4-12-29-26(21)25)28(34)33-16-14-32(15-17-33)19-23-8-5-13-30-27(23)35-2/h3-13,18,31H,14-17,19H2,1-2H3. The molecule has 4 aromatic rings. The van der Waals surface area contributed by atoms with Crippen LogP contribution in [0.25, 0.3) is 10.9 Å². The molecule has 3 heterocycles. The van der Waals surface area contributed by atoms with Crippen molar-refractivity contribution in [1.29, 1.82) is 0 Å². The summed E-state index contributed by atoms with van der Waals surface area (Å²) in [7, 11) is 1.64. The molecule has 0 spiro atoms. The van der Waals surface area contributed by atoms with Gasteiger partial charge in [0.2, 0.25) is 5.88 Å². The van der Waals surface area contributed by atoms with Crippen LogP contribution in [0.3, 0.4) is 0 Å². The first-order valence-electron chi connectivity index (χ1n) is 12.0. The Hall–Kier alpha value is -4.17. The summed E-state index contributed by atoms with van der Waals surface area (Å²) in [6.07, 6.45) is 3.48. The number of aromatic nitrogens is 2. The van der Waals surface area contributed by atoms with Crippen LogP contribution in [0.1, 0.15) is 21.5 Å². The number of pyridine rings is 2. The summed E-state index contributed by atoms with van der Waals surface area (Å²) in [4.78, 5) is 31.9. The van der Waals surface area contributed by atoms with Crippen molar-refractivity contribution in [3.8, 4) is 11.6 Å². The molecule has 2 aromatic heterocycles. The van der Waals surface area contributed by atoms with E-state index in [4.69, 9.17) is 9.57 Å². The highest BCUT2D eigenvalue weighted by Crippen LogP contribution is 2.25. The summed E-state index contributed by atoms with van der Waals surface area (Å²) >= 11 is 0. The third kappa shape index (κ3) is 5.08. The van der Waals surface area contributed by atoms with Crippen molar-refractivity contribution in [2.45, 2.75) is 13.5 Å². The van der Waals surface area contributed by atoms with Crippen molar-refractivity contribution in [3.05, 3.63) is 89.7 Å². The Kier molecular flexibility index (Phi) is 6.95. The number of piperazine rings is 1. The molecule has 5 rings (SSSR count). The molecule has 1 aliphatic heterocycles. The third-order valence-electron chi connectivity index (χ3n) is 6.44. The second-order valence-electron chi connectivity index (χ2n) is 8.81. The van der Waals surface area contributed by atoms with E-state index in [1.165, 1.54) is 0 Å². The zero-order valence-corrected chi connectivity index (χ0v) is 20.5. The summed E-state index contributed by atoms with van der Waals surface area (Å²) in [5.41, 5.74) is 7.27. The van der Waals surface area contributed by atoms with Gasteiger partial charge in [0.05, 0.1) is 12.8 Å². The lowest BCUT2D eigenvalue weighted by Crippen LogP contribution is -2.48. The molecule has 1 N–H and O–H groups in total. The predicted octanol–water partition coefficient (Wildman–Crippen LogP) is 4.31. The lowest BCUT2D eigenvalue weighted by Gasteiger charge is -2.35. The summed E-state index contributed by atoms with van der Waals surface area (Å²) < 4.78 is 5.37. The van der Waals surface area contributed by atoms with Crippen molar-refractivity contribution in [1.82, 2.24) is 19.8 Å². The van der Waals surface area contributed by atoms with Crippen LogP contribution in [0, 0.1) is 6.92 Å². The monoisotopic (exact) mass is 483 g/mol. The molecular weight excluding hydrogens is 454 g/mol. The average Bonchev–Trinajstić information content (AvgIpc) is 2.92. The van der Waals surface area contributed by atoms with Crippen LogP contribution >= 0.6 is 0 Å². The van der Waals surface area contributed by atoms with Gasteiger partial charge in [0.25, 0.3) is 5.91 Å². The zero-order valence-electron chi connectivity index (χ0n) is 20.5. The second-order valence-corrected chi connectivity index (χ2v) is 8.81. The van der Waals surface area contributed by atoms with E-state index in [-0.39, 0.29) is 5.91 Å². The van der Waals surface area contributed by atoms with Crippen LogP contribution in [0.5, 0.6) is 11.6 Å². The van der Waals surface area contributed by atoms with Gasteiger partial charge in [0.1, 0.15) is 5.52 Å². The molecular formula is C28H29N5O3. The molecule has 2 aromatic carbocycles. The molecule has 0 bridgehead atoms. The minimum Gasteiger partial charge on any atom is -0.481 e. The number of hydrogen-bond donors (Lipinski definition) is 1. The molecule has 0 atom stereocenters. The lowest BCUT2D eigenvalue weighted by molar-refractivity contribution is 0.0627. The SMILES string of the molecule is COc1ncccc1CN1CCN(C(=O)c2ccc(NOc3cccc4cccnc34)c(C)c2)CC1. The highest BCUT2D eigenvalue weighted by atomic mass is 16.6. The number of aryl methyl sites for hydroxylation is 1. The number of ether oxygens (including phenoxy) is 1. The van der Waals surface area contributed by atoms with E-state index in [2.05, 4.69) is 20.3 Å². The minimum absolute atomic E-state index is 0.0439. The molecule has 0 saturated carbocycles. The van der Waals surface area contributed by atoms with Crippen molar-refractivity contribution in [2.24, 2.45) is 0 Å². The van der Waals surface area contributed by atoms with E-state index in [1.54, 1.807) is 19.5 Å². The molecule has 184 valence electrons. The molecule has 1 fully saturated rings. The number of anilines is 1. The second kappa shape index (κ2) is 10.6. The molecule has 1 aliphatic rings. The van der Waals surface area contributed by atoms with Gasteiger partial charge < -0.3 is 14.5 Å². The van der Waals surface area contributed by atoms with Crippen molar-refractivity contribution >= 4 is 22.5 Å². The van der Waals surface area contributed by atoms with E-state index < -0.39 is 0 Å². The van der Waals surface area contributed by atoms with Gasteiger partial charge in [-0.2, -0.15) is 0 Å². The lowest BCUT2D eigenvalue weighted by atomic mass is 10.1. The Balaban J connectivity index is 1.19. The largest absolute Gasteiger partial charge is 0.481 e. The molecule has 0 aliphatic carbocycles. The first kappa shape index (κ1) is 23.6. The maximum absolute atomic E-state index is 13.2. The molecule has 0 radical (unpaired) electrons. The summed E-state index contributed by atoms with van der Waals surface area (Å²) in [6.45, 7) is 5.67. The number of carbonyl (C=O) groups is 1. The number of rotatable bonds is 7. The quantitative estimate of drug-likeness (QED) is 0.393. The van der Waals surface area contributed by atoms with Crippen LogP contribution in [-0.4, -0.2) is 59.0 Å². The van der Waals surface area contributed by atoms with E-state index in [0.717, 1.165) is 47.4 Å². The van der Waals surface area contributed by atoms with Gasteiger partial charge in [-0.05, 0) is 48.9 Å². The fraction of sp³-hybridized carbons (Fsp3) is 0.250.